The molecule has 1 aromatic rings. The van der Waals surface area contributed by atoms with Crippen LogP contribution in [0.15, 0.2) is 15.3 Å². The molecule has 16 heavy (non-hydrogen) atoms. The molecular formula is C10H13NO3S2. The number of aryl methyl sites for hydroxylation is 1. The van der Waals surface area contributed by atoms with Gasteiger partial charge in [-0.05, 0) is 6.92 Å². The molecule has 1 heterocycles. The molecule has 0 fully saturated rings. The van der Waals surface area contributed by atoms with E-state index in [-0.39, 0.29) is 11.3 Å². The van der Waals surface area contributed by atoms with Crippen LogP contribution < -0.4 is 5.63 Å². The molecule has 1 aromatic heterocycles. The van der Waals surface area contributed by atoms with Gasteiger partial charge in [-0.15, -0.1) is 0 Å². The van der Waals surface area contributed by atoms with Crippen LogP contribution >= 0.6 is 24.0 Å². The maximum absolute atomic E-state index is 11.4. The summed E-state index contributed by atoms with van der Waals surface area (Å²) in [7, 11) is 3.65. The lowest BCUT2D eigenvalue weighted by molar-refractivity contribution is 0.426. The van der Waals surface area contributed by atoms with Crippen LogP contribution in [0.4, 0.5) is 0 Å². The predicted octanol–water partition coefficient (Wildman–Crippen LogP) is 1.73. The van der Waals surface area contributed by atoms with E-state index in [1.807, 2.05) is 14.1 Å². The molecule has 0 amide bonds. The number of thiocarbonyl (C=S) groups is 1. The number of hydrogen-bond acceptors (Lipinski definition) is 5. The third-order valence-electron chi connectivity index (χ3n) is 1.85. The van der Waals surface area contributed by atoms with Crippen LogP contribution in [0.3, 0.4) is 0 Å². The Kier molecular flexibility index (Phi) is 4.37. The average molecular weight is 259 g/mol. The number of nitrogens with zero attached hydrogens (tertiary/aromatic N) is 1. The summed E-state index contributed by atoms with van der Waals surface area (Å²) in [5.74, 6) is 0.667. The van der Waals surface area contributed by atoms with Crippen LogP contribution in [-0.2, 0) is 5.75 Å². The highest BCUT2D eigenvalue weighted by atomic mass is 32.2. The Morgan fingerprint density at radius 3 is 2.75 bits per heavy atom. The topological polar surface area (TPSA) is 53.7 Å². The SMILES string of the molecule is Cc1cc(O)c(CSC(=S)N(C)C)c(=O)o1. The van der Waals surface area contributed by atoms with E-state index in [2.05, 4.69) is 0 Å². The highest BCUT2D eigenvalue weighted by molar-refractivity contribution is 8.22. The second kappa shape index (κ2) is 5.36. The van der Waals surface area contributed by atoms with Crippen LogP contribution in [-0.4, -0.2) is 28.4 Å². The molecule has 88 valence electrons. The zero-order valence-corrected chi connectivity index (χ0v) is 10.9. The Labute approximate surface area is 103 Å². The summed E-state index contributed by atoms with van der Waals surface area (Å²) >= 11 is 6.37. The summed E-state index contributed by atoms with van der Waals surface area (Å²) < 4.78 is 5.55. The molecule has 0 aromatic carbocycles. The molecule has 0 unspecified atom stereocenters. The molecule has 0 aliphatic rings. The van der Waals surface area contributed by atoms with Gasteiger partial charge in [-0.2, -0.15) is 0 Å². The fourth-order valence-corrected chi connectivity index (χ4v) is 1.99. The van der Waals surface area contributed by atoms with Gasteiger partial charge in [0.1, 0.15) is 15.8 Å². The van der Waals surface area contributed by atoms with Gasteiger partial charge in [0.15, 0.2) is 0 Å². The van der Waals surface area contributed by atoms with Crippen molar-refractivity contribution in [3.05, 3.63) is 27.8 Å². The van der Waals surface area contributed by atoms with Crippen molar-refractivity contribution in [2.45, 2.75) is 12.7 Å². The molecule has 0 bridgehead atoms. The molecule has 1 rings (SSSR count). The van der Waals surface area contributed by atoms with Crippen LogP contribution in [0, 0.1) is 6.92 Å². The molecular weight excluding hydrogens is 246 g/mol. The van der Waals surface area contributed by atoms with Gasteiger partial charge in [-0.3, -0.25) is 0 Å². The lowest BCUT2D eigenvalue weighted by Gasteiger charge is -2.12. The highest BCUT2D eigenvalue weighted by Crippen LogP contribution is 2.21. The molecule has 0 saturated heterocycles. The van der Waals surface area contributed by atoms with Gasteiger partial charge in [0.2, 0.25) is 0 Å². The molecule has 0 aliphatic carbocycles. The minimum Gasteiger partial charge on any atom is -0.507 e. The number of thioether (sulfide) groups is 1. The second-order valence-electron chi connectivity index (χ2n) is 3.46. The molecule has 6 heteroatoms. The summed E-state index contributed by atoms with van der Waals surface area (Å²) in [6.45, 7) is 1.61. The Morgan fingerprint density at radius 1 is 1.62 bits per heavy atom. The van der Waals surface area contributed by atoms with E-state index < -0.39 is 5.63 Å². The first-order valence-corrected chi connectivity index (χ1v) is 5.98. The fraction of sp³-hybridized carbons (Fsp3) is 0.400. The van der Waals surface area contributed by atoms with Gasteiger partial charge < -0.3 is 14.4 Å². The summed E-state index contributed by atoms with van der Waals surface area (Å²) in [6, 6.07) is 1.43. The average Bonchev–Trinajstić information content (AvgIpc) is 2.15. The highest BCUT2D eigenvalue weighted by Gasteiger charge is 2.11. The van der Waals surface area contributed by atoms with Crippen molar-refractivity contribution in [2.75, 3.05) is 14.1 Å². The van der Waals surface area contributed by atoms with Crippen molar-refractivity contribution < 1.29 is 9.52 Å². The van der Waals surface area contributed by atoms with E-state index in [4.69, 9.17) is 16.6 Å². The van der Waals surface area contributed by atoms with Crippen LogP contribution in [0.2, 0.25) is 0 Å². The van der Waals surface area contributed by atoms with Gasteiger partial charge in [0.05, 0.1) is 5.56 Å². The number of aromatic hydroxyl groups is 1. The van der Waals surface area contributed by atoms with Gasteiger partial charge in [-0.25, -0.2) is 4.79 Å². The molecule has 0 spiro atoms. The minimum absolute atomic E-state index is 0.0391. The fourth-order valence-electron chi connectivity index (χ4n) is 1.02. The Bertz CT molecular complexity index is 454. The van der Waals surface area contributed by atoms with Crippen molar-refractivity contribution in [1.82, 2.24) is 4.90 Å². The maximum atomic E-state index is 11.4. The maximum Gasteiger partial charge on any atom is 0.343 e. The van der Waals surface area contributed by atoms with Gasteiger partial charge in [-0.1, -0.05) is 24.0 Å². The van der Waals surface area contributed by atoms with Crippen molar-refractivity contribution in [2.24, 2.45) is 0 Å². The Balaban J connectivity index is 2.83. The monoisotopic (exact) mass is 259 g/mol. The van der Waals surface area contributed by atoms with E-state index in [0.717, 1.165) is 0 Å². The standard InChI is InChI=1S/C10H13NO3S2/c1-6-4-8(12)7(9(13)14-6)5-16-10(15)11(2)3/h4,12H,5H2,1-3H3. The van der Waals surface area contributed by atoms with E-state index in [0.29, 0.717) is 15.8 Å². The summed E-state index contributed by atoms with van der Waals surface area (Å²) in [4.78, 5) is 13.2. The zero-order valence-electron chi connectivity index (χ0n) is 9.31. The second-order valence-corrected chi connectivity index (χ2v) is 5.07. The molecule has 1 N–H and O–H groups in total. The third kappa shape index (κ3) is 3.24. The first kappa shape index (κ1) is 13.1. The lowest BCUT2D eigenvalue weighted by atomic mass is 10.3. The van der Waals surface area contributed by atoms with Gasteiger partial charge in [0, 0.05) is 25.9 Å². The Morgan fingerprint density at radius 2 is 2.25 bits per heavy atom. The first-order chi connectivity index (χ1) is 7.41. The first-order valence-electron chi connectivity index (χ1n) is 4.58. The number of hydrogen-bond donors (Lipinski definition) is 1. The largest absolute Gasteiger partial charge is 0.507 e. The van der Waals surface area contributed by atoms with Crippen LogP contribution in [0.1, 0.15) is 11.3 Å². The van der Waals surface area contributed by atoms with Gasteiger partial charge in [0.25, 0.3) is 0 Å². The lowest BCUT2D eigenvalue weighted by Crippen LogP contribution is -2.17. The molecule has 0 radical (unpaired) electrons. The normalized spacial score (nSPS) is 10.2. The molecule has 0 saturated carbocycles. The van der Waals surface area contributed by atoms with Crippen molar-refractivity contribution >= 4 is 28.3 Å². The predicted molar refractivity (Wildman–Crippen MR) is 69.0 cm³/mol. The van der Waals surface area contributed by atoms with Crippen LogP contribution in [0.25, 0.3) is 0 Å². The van der Waals surface area contributed by atoms with E-state index in [9.17, 15) is 9.90 Å². The van der Waals surface area contributed by atoms with Gasteiger partial charge >= 0.3 is 5.63 Å². The molecule has 0 aliphatic heterocycles. The molecule has 0 atom stereocenters. The van der Waals surface area contributed by atoms with Crippen molar-refractivity contribution in [1.29, 1.82) is 0 Å². The minimum atomic E-state index is -0.508. The van der Waals surface area contributed by atoms with E-state index >= 15 is 0 Å². The van der Waals surface area contributed by atoms with Crippen LogP contribution in [0.5, 0.6) is 5.75 Å². The summed E-state index contributed by atoms with van der Waals surface area (Å²) in [5.41, 5.74) is -0.258. The Hall–Kier alpha value is -1.01. The summed E-state index contributed by atoms with van der Waals surface area (Å²) in [6.07, 6.45) is 0. The van der Waals surface area contributed by atoms with Crippen molar-refractivity contribution in [3.8, 4) is 5.75 Å². The summed E-state index contributed by atoms with van der Waals surface area (Å²) in [5, 5.41) is 9.59. The quantitative estimate of drug-likeness (QED) is 0.816. The smallest absolute Gasteiger partial charge is 0.343 e. The third-order valence-corrected chi connectivity index (χ3v) is 3.62. The van der Waals surface area contributed by atoms with E-state index in [1.165, 1.54) is 17.8 Å². The van der Waals surface area contributed by atoms with Crippen molar-refractivity contribution in [3.63, 3.8) is 0 Å². The number of rotatable bonds is 2. The zero-order chi connectivity index (χ0) is 12.3. The molecule has 4 nitrogen and oxygen atoms in total. The van der Waals surface area contributed by atoms with E-state index in [1.54, 1.807) is 11.8 Å².